The number of aryl methyl sites for hydroxylation is 1. The molecule has 3 heteroatoms. The summed E-state index contributed by atoms with van der Waals surface area (Å²) in [6.45, 7) is 9.08. The molecule has 1 aliphatic heterocycles. The molecule has 0 atom stereocenters. The molecule has 2 rings (SSSR count). The van der Waals surface area contributed by atoms with Crippen molar-refractivity contribution in [2.24, 2.45) is 5.41 Å². The van der Waals surface area contributed by atoms with Crippen LogP contribution in [0.2, 0.25) is 0 Å². The summed E-state index contributed by atoms with van der Waals surface area (Å²) in [6.07, 6.45) is 7.21. The van der Waals surface area contributed by atoms with E-state index in [0.29, 0.717) is 5.41 Å². The van der Waals surface area contributed by atoms with E-state index in [1.807, 2.05) is 6.20 Å². The monoisotopic (exact) mass is 310 g/mol. The Balaban J connectivity index is 2.04. The number of halogens is 1. The first kappa shape index (κ1) is 13.9. The SMILES string of the molecule is CCCC1(CCC)CN(c2cc(C)c(Br)cn2)C1. The minimum atomic E-state index is 0.562. The molecular formula is C15H23BrN2. The summed E-state index contributed by atoms with van der Waals surface area (Å²) in [5, 5.41) is 0. The molecule has 0 aromatic carbocycles. The average molecular weight is 311 g/mol. The molecule has 0 amide bonds. The molecule has 0 radical (unpaired) electrons. The second-order valence-corrected chi connectivity index (χ2v) is 6.50. The summed E-state index contributed by atoms with van der Waals surface area (Å²) in [5.74, 6) is 1.14. The maximum Gasteiger partial charge on any atom is 0.128 e. The number of hydrogen-bond acceptors (Lipinski definition) is 2. The lowest BCUT2D eigenvalue weighted by Crippen LogP contribution is -2.56. The fourth-order valence-electron chi connectivity index (χ4n) is 3.12. The zero-order chi connectivity index (χ0) is 13.2. The molecule has 0 saturated carbocycles. The van der Waals surface area contributed by atoms with Crippen molar-refractivity contribution < 1.29 is 0 Å². The number of hydrogen-bond donors (Lipinski definition) is 0. The Morgan fingerprint density at radius 1 is 1.28 bits per heavy atom. The van der Waals surface area contributed by atoms with Crippen LogP contribution in [0.15, 0.2) is 16.7 Å². The summed E-state index contributed by atoms with van der Waals surface area (Å²) >= 11 is 3.51. The lowest BCUT2D eigenvalue weighted by molar-refractivity contribution is 0.172. The Bertz CT molecular complexity index is 403. The van der Waals surface area contributed by atoms with Gasteiger partial charge in [0.05, 0.1) is 0 Å². The van der Waals surface area contributed by atoms with Gasteiger partial charge in [0.25, 0.3) is 0 Å². The first-order valence-corrected chi connectivity index (χ1v) is 7.76. The topological polar surface area (TPSA) is 16.1 Å². The van der Waals surface area contributed by atoms with Gasteiger partial charge in [0, 0.05) is 29.2 Å². The number of nitrogens with zero attached hydrogens (tertiary/aromatic N) is 2. The molecule has 1 fully saturated rings. The van der Waals surface area contributed by atoms with E-state index in [2.05, 4.69) is 52.7 Å². The third-order valence-electron chi connectivity index (χ3n) is 3.97. The maximum absolute atomic E-state index is 4.53. The highest BCUT2D eigenvalue weighted by Crippen LogP contribution is 2.41. The molecule has 0 N–H and O–H groups in total. The van der Waals surface area contributed by atoms with Gasteiger partial charge in [-0.25, -0.2) is 4.98 Å². The Hall–Kier alpha value is -0.570. The van der Waals surface area contributed by atoms with Gasteiger partial charge in [-0.15, -0.1) is 0 Å². The van der Waals surface area contributed by atoms with Gasteiger partial charge in [-0.2, -0.15) is 0 Å². The second kappa shape index (κ2) is 5.60. The molecule has 1 aromatic rings. The molecule has 2 heterocycles. The van der Waals surface area contributed by atoms with Crippen LogP contribution in [0.1, 0.15) is 45.1 Å². The van der Waals surface area contributed by atoms with E-state index < -0.39 is 0 Å². The standard InChI is InChI=1S/C15H23BrN2/c1-4-6-15(7-5-2)10-18(11-15)14-8-12(3)13(16)9-17-14/h8-9H,4-7,10-11H2,1-3H3. The largest absolute Gasteiger partial charge is 0.355 e. The van der Waals surface area contributed by atoms with Crippen LogP contribution >= 0.6 is 15.9 Å². The third-order valence-corrected chi connectivity index (χ3v) is 4.80. The molecule has 0 spiro atoms. The lowest BCUT2D eigenvalue weighted by atomic mass is 9.72. The molecule has 0 unspecified atom stereocenters. The van der Waals surface area contributed by atoms with E-state index in [4.69, 9.17) is 0 Å². The van der Waals surface area contributed by atoms with Crippen molar-refractivity contribution in [3.05, 3.63) is 22.3 Å². The van der Waals surface area contributed by atoms with Crippen molar-refractivity contribution in [2.75, 3.05) is 18.0 Å². The summed E-state index contributed by atoms with van der Waals surface area (Å²) in [7, 11) is 0. The predicted molar refractivity (Wildman–Crippen MR) is 81.1 cm³/mol. The maximum atomic E-state index is 4.53. The summed E-state index contributed by atoms with van der Waals surface area (Å²) in [4.78, 5) is 6.95. The lowest BCUT2D eigenvalue weighted by Gasteiger charge is -2.51. The van der Waals surface area contributed by atoms with E-state index in [1.165, 1.54) is 44.3 Å². The van der Waals surface area contributed by atoms with E-state index in [0.717, 1.165) is 10.3 Å². The van der Waals surface area contributed by atoms with Crippen LogP contribution in [-0.2, 0) is 0 Å². The predicted octanol–water partition coefficient (Wildman–Crippen LogP) is 4.56. The van der Waals surface area contributed by atoms with E-state index in [1.54, 1.807) is 0 Å². The van der Waals surface area contributed by atoms with Crippen LogP contribution in [0.25, 0.3) is 0 Å². The van der Waals surface area contributed by atoms with E-state index in [-0.39, 0.29) is 0 Å². The average Bonchev–Trinajstić information content (AvgIpc) is 2.29. The molecule has 2 nitrogen and oxygen atoms in total. The van der Waals surface area contributed by atoms with Gasteiger partial charge < -0.3 is 4.90 Å². The van der Waals surface area contributed by atoms with Gasteiger partial charge in [0.2, 0.25) is 0 Å². The van der Waals surface area contributed by atoms with E-state index in [9.17, 15) is 0 Å². The molecule has 1 aliphatic rings. The molecule has 1 aromatic heterocycles. The highest BCUT2D eigenvalue weighted by atomic mass is 79.9. The zero-order valence-corrected chi connectivity index (χ0v) is 13.3. The number of anilines is 1. The number of rotatable bonds is 5. The van der Waals surface area contributed by atoms with Gasteiger partial charge in [-0.05, 0) is 47.3 Å². The molecule has 100 valence electrons. The van der Waals surface area contributed by atoms with Crippen LogP contribution in [0.3, 0.4) is 0 Å². The van der Waals surface area contributed by atoms with Crippen molar-refractivity contribution in [3.63, 3.8) is 0 Å². The minimum Gasteiger partial charge on any atom is -0.355 e. The minimum absolute atomic E-state index is 0.562. The van der Waals surface area contributed by atoms with Crippen molar-refractivity contribution in [1.82, 2.24) is 4.98 Å². The molecule has 1 saturated heterocycles. The van der Waals surface area contributed by atoms with Crippen molar-refractivity contribution in [1.29, 1.82) is 0 Å². The molecule has 0 bridgehead atoms. The summed E-state index contributed by atoms with van der Waals surface area (Å²) < 4.78 is 1.10. The molecule has 0 aliphatic carbocycles. The van der Waals surface area contributed by atoms with Gasteiger partial charge in [-0.1, -0.05) is 26.7 Å². The Morgan fingerprint density at radius 2 is 1.89 bits per heavy atom. The summed E-state index contributed by atoms with van der Waals surface area (Å²) in [6, 6.07) is 2.19. The first-order chi connectivity index (χ1) is 8.60. The second-order valence-electron chi connectivity index (χ2n) is 5.65. The van der Waals surface area contributed by atoms with Gasteiger partial charge in [0.1, 0.15) is 5.82 Å². The number of pyridine rings is 1. The van der Waals surface area contributed by atoms with E-state index >= 15 is 0 Å². The Morgan fingerprint density at radius 3 is 2.39 bits per heavy atom. The van der Waals surface area contributed by atoms with Gasteiger partial charge >= 0.3 is 0 Å². The van der Waals surface area contributed by atoms with Crippen LogP contribution < -0.4 is 4.90 Å². The van der Waals surface area contributed by atoms with Crippen molar-refractivity contribution in [2.45, 2.75) is 46.5 Å². The van der Waals surface area contributed by atoms with Gasteiger partial charge in [-0.3, -0.25) is 0 Å². The van der Waals surface area contributed by atoms with Crippen molar-refractivity contribution in [3.8, 4) is 0 Å². The highest BCUT2D eigenvalue weighted by Gasteiger charge is 2.41. The first-order valence-electron chi connectivity index (χ1n) is 6.97. The number of aromatic nitrogens is 1. The van der Waals surface area contributed by atoms with Crippen LogP contribution in [0.5, 0.6) is 0 Å². The normalized spacial score (nSPS) is 17.7. The Kier molecular flexibility index (Phi) is 4.31. The fourth-order valence-corrected chi connectivity index (χ4v) is 3.34. The highest BCUT2D eigenvalue weighted by molar-refractivity contribution is 9.10. The molecule has 18 heavy (non-hydrogen) atoms. The quantitative estimate of drug-likeness (QED) is 0.792. The zero-order valence-electron chi connectivity index (χ0n) is 11.7. The summed E-state index contributed by atoms with van der Waals surface area (Å²) in [5.41, 5.74) is 1.83. The smallest absolute Gasteiger partial charge is 0.128 e. The van der Waals surface area contributed by atoms with Crippen LogP contribution in [0.4, 0.5) is 5.82 Å². The fraction of sp³-hybridized carbons (Fsp3) is 0.667. The van der Waals surface area contributed by atoms with Crippen molar-refractivity contribution >= 4 is 21.7 Å². The molecular weight excluding hydrogens is 288 g/mol. The third kappa shape index (κ3) is 2.71. The Labute approximate surface area is 119 Å². The van der Waals surface area contributed by atoms with Crippen LogP contribution in [-0.4, -0.2) is 18.1 Å². The van der Waals surface area contributed by atoms with Gasteiger partial charge in [0.15, 0.2) is 0 Å². The van der Waals surface area contributed by atoms with Crippen LogP contribution in [0, 0.1) is 12.3 Å².